The summed E-state index contributed by atoms with van der Waals surface area (Å²) in [6.45, 7) is 14.3. The Morgan fingerprint density at radius 2 is 1.18 bits per heavy atom. The molecule has 0 saturated carbocycles. The summed E-state index contributed by atoms with van der Waals surface area (Å²) in [5.74, 6) is 1.08. The average Bonchev–Trinajstić information content (AvgIpc) is 3.66. The standard InChI is InChI=1S/C19H18F3N4.C18H18N4.Ir/c1-18(2,3)15-10-13(14-11-16(19(20,21)22)26(4)25-14)23-17(24-15)12-8-6-5-7-9-12;1-12-10-15(22-21-12)14-11-16(18(2,3)4)20-17(19-14)13-8-6-5-7-9-13;/h5-8,10-11H,1-4H3;5-8,10-11H,1-4H3;/q-1;-2;+3. The van der Waals surface area contributed by atoms with Crippen LogP contribution < -0.4 is 5.10 Å². The summed E-state index contributed by atoms with van der Waals surface area (Å²) < 4.78 is 40.1. The van der Waals surface area contributed by atoms with Gasteiger partial charge in [-0.25, -0.2) is 0 Å². The van der Waals surface area contributed by atoms with E-state index in [1.165, 1.54) is 7.05 Å². The van der Waals surface area contributed by atoms with E-state index in [1.54, 1.807) is 12.1 Å². The van der Waals surface area contributed by atoms with E-state index >= 15 is 0 Å². The van der Waals surface area contributed by atoms with Crippen LogP contribution in [-0.2, 0) is 44.2 Å². The van der Waals surface area contributed by atoms with E-state index in [-0.39, 0.29) is 36.6 Å². The zero-order valence-corrected chi connectivity index (χ0v) is 30.9. The molecular weight excluding hydrogens is 806 g/mol. The Morgan fingerprint density at radius 3 is 1.59 bits per heavy atom. The van der Waals surface area contributed by atoms with Crippen molar-refractivity contribution in [3.8, 4) is 45.6 Å². The van der Waals surface area contributed by atoms with Gasteiger partial charge in [0.25, 0.3) is 0 Å². The smallest absolute Gasteiger partial charge is 0.574 e. The molecule has 4 aromatic heterocycles. The molecule has 0 aliphatic rings. The van der Waals surface area contributed by atoms with E-state index in [0.29, 0.717) is 28.6 Å². The third-order valence-electron chi connectivity index (χ3n) is 7.25. The summed E-state index contributed by atoms with van der Waals surface area (Å²) in [5.41, 5.74) is 5.02. The molecule has 254 valence electrons. The van der Waals surface area contributed by atoms with E-state index in [1.807, 2.05) is 82.3 Å². The van der Waals surface area contributed by atoms with Crippen molar-refractivity contribution in [3.05, 3.63) is 108 Å². The van der Waals surface area contributed by atoms with Gasteiger partial charge in [-0.1, -0.05) is 53.3 Å². The van der Waals surface area contributed by atoms with Crippen LogP contribution in [0.5, 0.6) is 0 Å². The number of hydrogen-bond acceptors (Lipinski definition) is 6. The van der Waals surface area contributed by atoms with Crippen molar-refractivity contribution < 1.29 is 33.3 Å². The minimum absolute atomic E-state index is 0. The number of aryl methyl sites for hydroxylation is 2. The first-order chi connectivity index (χ1) is 22.5. The summed E-state index contributed by atoms with van der Waals surface area (Å²) in [5, 5.41) is 12.3. The monoisotopic (exact) mass is 842 g/mol. The number of halogens is 3. The molecule has 8 nitrogen and oxygen atoms in total. The zero-order valence-electron chi connectivity index (χ0n) is 28.5. The van der Waals surface area contributed by atoms with E-state index in [2.05, 4.69) is 63.2 Å². The molecule has 0 fully saturated rings. The molecule has 0 radical (unpaired) electrons. The Labute approximate surface area is 298 Å². The summed E-state index contributed by atoms with van der Waals surface area (Å²) >= 11 is 0. The predicted octanol–water partition coefficient (Wildman–Crippen LogP) is 8.23. The Balaban J connectivity index is 0.000000219. The normalized spacial score (nSPS) is 11.8. The van der Waals surface area contributed by atoms with Gasteiger partial charge in [-0.2, -0.15) is 18.3 Å². The van der Waals surface area contributed by atoms with Crippen molar-refractivity contribution in [2.24, 2.45) is 7.05 Å². The van der Waals surface area contributed by atoms with Crippen molar-refractivity contribution >= 4 is 0 Å². The quantitative estimate of drug-likeness (QED) is 0.165. The van der Waals surface area contributed by atoms with Gasteiger partial charge in [-0.05, 0) is 25.1 Å². The van der Waals surface area contributed by atoms with E-state index in [0.717, 1.165) is 39.1 Å². The summed E-state index contributed by atoms with van der Waals surface area (Å²) in [6.07, 6.45) is -4.48. The SMILES string of the molecule is Cc1cc(-c2cc(C(C)(C)C)nc(-c3[c-]cccc3)n2)[n-]n1.Cn1nc(-c2cc(C(C)(C)C)nc(-c3[c-]cccc3)n2)cc1C(F)(F)F.[Ir+3]. The summed E-state index contributed by atoms with van der Waals surface area (Å²) in [4.78, 5) is 18.4. The molecule has 0 aliphatic heterocycles. The second-order valence-corrected chi connectivity index (χ2v) is 13.4. The molecule has 0 spiro atoms. The number of hydrogen-bond donors (Lipinski definition) is 0. The number of benzene rings is 2. The first kappa shape index (κ1) is 37.3. The zero-order chi connectivity index (χ0) is 34.9. The molecule has 6 aromatic rings. The van der Waals surface area contributed by atoms with E-state index < -0.39 is 11.9 Å². The largest absolute Gasteiger partial charge is 3.00 e. The fraction of sp³-hybridized carbons (Fsp3) is 0.297. The van der Waals surface area contributed by atoms with Gasteiger partial charge in [0.1, 0.15) is 11.4 Å². The van der Waals surface area contributed by atoms with Crippen LogP contribution in [0, 0.1) is 19.1 Å². The van der Waals surface area contributed by atoms with Crippen LogP contribution >= 0.6 is 0 Å². The van der Waals surface area contributed by atoms with Crippen molar-refractivity contribution in [1.82, 2.24) is 39.9 Å². The second-order valence-electron chi connectivity index (χ2n) is 13.4. The van der Waals surface area contributed by atoms with Gasteiger partial charge in [0.15, 0.2) is 0 Å². The molecule has 0 saturated heterocycles. The Bertz CT molecular complexity index is 2010. The number of nitrogens with zero attached hydrogens (tertiary/aromatic N) is 8. The Hall–Kier alpha value is -4.54. The van der Waals surface area contributed by atoms with Crippen LogP contribution in [0.1, 0.15) is 64.3 Å². The van der Waals surface area contributed by atoms with Crippen molar-refractivity contribution in [3.63, 3.8) is 0 Å². The molecule has 0 N–H and O–H groups in total. The van der Waals surface area contributed by atoms with Crippen molar-refractivity contribution in [1.29, 1.82) is 0 Å². The van der Waals surface area contributed by atoms with E-state index in [9.17, 15) is 13.2 Å². The topological polar surface area (TPSA) is 96.4 Å². The van der Waals surface area contributed by atoms with Gasteiger partial charge in [0, 0.05) is 40.7 Å². The van der Waals surface area contributed by atoms with Crippen LogP contribution in [0.2, 0.25) is 0 Å². The molecule has 4 heterocycles. The molecule has 0 unspecified atom stereocenters. The minimum Gasteiger partial charge on any atom is -0.574 e. The van der Waals surface area contributed by atoms with Gasteiger partial charge >= 0.3 is 26.3 Å². The first-order valence-electron chi connectivity index (χ1n) is 15.3. The number of rotatable bonds is 4. The fourth-order valence-corrected chi connectivity index (χ4v) is 4.60. The number of aromatic nitrogens is 8. The van der Waals surface area contributed by atoms with Gasteiger partial charge in [0.05, 0.1) is 17.3 Å². The van der Waals surface area contributed by atoms with Gasteiger partial charge in [-0.3, -0.25) is 24.6 Å². The van der Waals surface area contributed by atoms with Crippen molar-refractivity contribution in [2.75, 3.05) is 0 Å². The van der Waals surface area contributed by atoms with Crippen LogP contribution in [0.4, 0.5) is 13.2 Å². The van der Waals surface area contributed by atoms with E-state index in [4.69, 9.17) is 4.98 Å². The molecule has 2 aromatic carbocycles. The third-order valence-corrected chi connectivity index (χ3v) is 7.25. The second kappa shape index (κ2) is 14.5. The molecule has 0 amide bonds. The molecule has 0 bridgehead atoms. The average molecular weight is 842 g/mol. The molecule has 12 heteroatoms. The Kier molecular flexibility index (Phi) is 11.0. The maximum absolute atomic E-state index is 13.1. The van der Waals surface area contributed by atoms with Crippen LogP contribution in [-0.4, -0.2) is 34.8 Å². The summed E-state index contributed by atoms with van der Waals surface area (Å²) in [6, 6.07) is 27.8. The van der Waals surface area contributed by atoms with Crippen LogP contribution in [0.15, 0.2) is 72.8 Å². The van der Waals surface area contributed by atoms with Gasteiger partial charge in [-0.15, -0.1) is 71.8 Å². The van der Waals surface area contributed by atoms with Gasteiger partial charge in [0.2, 0.25) is 0 Å². The molecular formula is C37H36F3IrN8. The molecule has 6 rings (SSSR count). The fourth-order valence-electron chi connectivity index (χ4n) is 4.60. The molecule has 0 atom stereocenters. The van der Waals surface area contributed by atoms with Crippen LogP contribution in [0.25, 0.3) is 45.6 Å². The van der Waals surface area contributed by atoms with Gasteiger partial charge < -0.3 is 10.2 Å². The van der Waals surface area contributed by atoms with Crippen molar-refractivity contribution in [2.45, 2.75) is 65.5 Å². The summed E-state index contributed by atoms with van der Waals surface area (Å²) in [7, 11) is 1.27. The third kappa shape index (κ3) is 9.13. The number of alkyl halides is 3. The predicted molar refractivity (Wildman–Crippen MR) is 178 cm³/mol. The maximum atomic E-state index is 13.1. The van der Waals surface area contributed by atoms with Crippen LogP contribution in [0.3, 0.4) is 0 Å². The Morgan fingerprint density at radius 1 is 0.673 bits per heavy atom. The molecule has 49 heavy (non-hydrogen) atoms. The first-order valence-corrected chi connectivity index (χ1v) is 15.3. The molecule has 0 aliphatic carbocycles. The maximum Gasteiger partial charge on any atom is 3.00 e. The minimum atomic E-state index is -4.48.